The summed E-state index contributed by atoms with van der Waals surface area (Å²) in [5, 5.41) is 6.81. The maximum absolute atomic E-state index is 9.28. The molecule has 0 unspecified atom stereocenters. The molecule has 0 atom stereocenters. The summed E-state index contributed by atoms with van der Waals surface area (Å²) in [6, 6.07) is 53.1. The molecule has 0 fully saturated rings. The molecule has 0 bridgehead atoms. The summed E-state index contributed by atoms with van der Waals surface area (Å²) in [5.41, 5.74) is 16.4. The second-order valence-electron chi connectivity index (χ2n) is 19.7. The molecule has 11 aromatic rings. The van der Waals surface area contributed by atoms with Gasteiger partial charge in [-0.05, 0) is 105 Å². The minimum atomic E-state index is -0.184. The molecule has 5 heterocycles. The number of nitrogens with zero attached hydrogens (tertiary/aromatic N) is 3. The molecule has 3 aromatic heterocycles. The Kier molecular flexibility index (Phi) is 7.02. The third-order valence-electron chi connectivity index (χ3n) is 14.0. The van der Waals surface area contributed by atoms with E-state index in [0.29, 0.717) is 6.04 Å². The zero-order valence-corrected chi connectivity index (χ0v) is 36.6. The molecule has 5 nitrogen and oxygen atoms in total. The molecule has 304 valence electrons. The van der Waals surface area contributed by atoms with Gasteiger partial charge >= 0.3 is 0 Å². The number of fused-ring (bicyclic) bond motifs is 15. The van der Waals surface area contributed by atoms with Gasteiger partial charge in [-0.3, -0.25) is 0 Å². The molecule has 0 aliphatic carbocycles. The third-order valence-corrected chi connectivity index (χ3v) is 14.0. The number of aryl methyl sites for hydroxylation is 1. The molecule has 0 N–H and O–H groups in total. The summed E-state index contributed by atoms with van der Waals surface area (Å²) in [6.45, 7) is 13.5. The number of anilines is 3. The molecule has 2 aliphatic rings. The van der Waals surface area contributed by atoms with E-state index < -0.39 is 0 Å². The Labute approximate surface area is 368 Å². The number of hydrogen-bond donors (Lipinski definition) is 0. The predicted octanol–water partition coefficient (Wildman–Crippen LogP) is 13.3. The van der Waals surface area contributed by atoms with Crippen LogP contribution in [-0.2, 0) is 17.9 Å². The van der Waals surface area contributed by atoms with Crippen LogP contribution in [-0.4, -0.2) is 15.8 Å². The van der Waals surface area contributed by atoms with Crippen molar-refractivity contribution in [3.63, 3.8) is 0 Å². The highest BCUT2D eigenvalue weighted by atomic mass is 16.5. The molecular weight excluding hydrogens is 769 g/mol. The summed E-state index contributed by atoms with van der Waals surface area (Å²) in [6.07, 6.45) is 0. The highest BCUT2D eigenvalue weighted by molar-refractivity contribution is 6.99. The van der Waals surface area contributed by atoms with Crippen molar-refractivity contribution < 1.29 is 10.5 Å². The lowest BCUT2D eigenvalue weighted by molar-refractivity contribution is 0.493. The van der Waals surface area contributed by atoms with Crippen molar-refractivity contribution in [2.75, 3.05) is 4.90 Å². The van der Waals surface area contributed by atoms with Crippen molar-refractivity contribution in [2.45, 2.75) is 52.4 Å². The molecule has 0 radical (unpaired) electrons. The largest absolute Gasteiger partial charge is 0.458 e. The highest BCUT2D eigenvalue weighted by Crippen LogP contribution is 2.48. The Balaban J connectivity index is 1.17. The van der Waals surface area contributed by atoms with E-state index in [1.54, 1.807) is 0 Å². The molecule has 6 heteroatoms. The quantitative estimate of drug-likeness (QED) is 0.163. The van der Waals surface area contributed by atoms with E-state index in [-0.39, 0.29) is 17.5 Å². The Hall–Kier alpha value is -7.18. The van der Waals surface area contributed by atoms with Crippen molar-refractivity contribution in [2.24, 2.45) is 7.05 Å². The summed E-state index contributed by atoms with van der Waals surface area (Å²) < 4.78 is 28.0. The lowest BCUT2D eigenvalue weighted by atomic mass is 9.34. The third kappa shape index (κ3) is 4.95. The fourth-order valence-corrected chi connectivity index (χ4v) is 11.0. The molecular formula is C57H46BN3O2. The van der Waals surface area contributed by atoms with E-state index in [1.165, 1.54) is 27.4 Å². The van der Waals surface area contributed by atoms with Crippen LogP contribution >= 0.6 is 0 Å². The zero-order chi connectivity index (χ0) is 43.6. The number of hydrogen-bond acceptors (Lipinski definition) is 3. The van der Waals surface area contributed by atoms with E-state index >= 15 is 0 Å². The van der Waals surface area contributed by atoms with E-state index in [4.69, 9.17) is 9.15 Å². The number of benzene rings is 8. The maximum atomic E-state index is 9.28. The normalized spacial score (nSPS) is 13.9. The van der Waals surface area contributed by atoms with E-state index in [1.807, 2.05) is 18.2 Å². The topological polar surface area (TPSA) is 35.5 Å². The lowest BCUT2D eigenvalue weighted by Crippen LogP contribution is -2.59. The molecule has 0 amide bonds. The number of aromatic nitrogens is 2. The van der Waals surface area contributed by atoms with Gasteiger partial charge in [0, 0.05) is 56.6 Å². The van der Waals surface area contributed by atoms with Crippen LogP contribution in [0.5, 0.6) is 11.5 Å². The fraction of sp³-hybridized carbons (Fsp3) is 0.158. The lowest BCUT2D eigenvalue weighted by Gasteiger charge is -2.41. The van der Waals surface area contributed by atoms with Crippen LogP contribution in [0.15, 0.2) is 156 Å². The number of para-hydroxylation sites is 3. The van der Waals surface area contributed by atoms with Crippen molar-refractivity contribution in [1.82, 2.24) is 9.13 Å². The van der Waals surface area contributed by atoms with Crippen LogP contribution in [0, 0.1) is 0 Å². The molecule has 0 spiro atoms. The van der Waals surface area contributed by atoms with E-state index in [0.717, 1.165) is 100.0 Å². The first-order valence-electron chi connectivity index (χ1n) is 22.6. The van der Waals surface area contributed by atoms with Gasteiger partial charge in [-0.1, -0.05) is 126 Å². The molecule has 8 aromatic carbocycles. The van der Waals surface area contributed by atoms with Crippen LogP contribution in [0.1, 0.15) is 54.0 Å². The van der Waals surface area contributed by atoms with Crippen molar-refractivity contribution >= 4 is 106 Å². The van der Waals surface area contributed by atoms with Crippen molar-refractivity contribution in [1.29, 1.82) is 0 Å². The average molecular weight is 817 g/mol. The Morgan fingerprint density at radius 3 is 1.98 bits per heavy atom. The molecule has 0 saturated carbocycles. The standard InChI is InChI=1S/C57H46BN3O2/c1-56(2,3)33-23-26-35(27-24-33)60-43-28-25-34(57(4,5)6)31-39(43)58-40-32-46(54-52(36-15-8-11-18-41(36)59(54)7)55(40)63-49-22-14-20-45(60)53(49)58)61-42-19-12-9-16-37(42)50-44(61)29-30-48-51(50)38-17-10-13-21-47(38)62-48/h8-32H,1-7H3/i14D. The molecule has 13 rings (SSSR count). The van der Waals surface area contributed by atoms with Gasteiger partial charge in [0.1, 0.15) is 22.7 Å². The number of rotatable bonds is 2. The smallest absolute Gasteiger partial charge is 0.256 e. The van der Waals surface area contributed by atoms with Crippen LogP contribution < -0.4 is 26.0 Å². The zero-order valence-electron chi connectivity index (χ0n) is 37.6. The molecule has 63 heavy (non-hydrogen) atoms. The van der Waals surface area contributed by atoms with E-state index in [9.17, 15) is 1.37 Å². The van der Waals surface area contributed by atoms with Crippen LogP contribution in [0.25, 0.3) is 71.2 Å². The monoisotopic (exact) mass is 816 g/mol. The highest BCUT2D eigenvalue weighted by Gasteiger charge is 2.44. The Morgan fingerprint density at radius 1 is 0.540 bits per heavy atom. The molecule has 2 aliphatic heterocycles. The maximum Gasteiger partial charge on any atom is 0.256 e. The van der Waals surface area contributed by atoms with Crippen LogP contribution in [0.2, 0.25) is 0 Å². The Bertz CT molecular complexity index is 3820. The summed E-state index contributed by atoms with van der Waals surface area (Å²) in [5.74, 6) is 1.58. The van der Waals surface area contributed by atoms with Gasteiger partial charge in [0.2, 0.25) is 0 Å². The summed E-state index contributed by atoms with van der Waals surface area (Å²) in [4.78, 5) is 2.36. The number of furan rings is 1. The molecule has 0 saturated heterocycles. The van der Waals surface area contributed by atoms with Gasteiger partial charge in [0.05, 0.1) is 29.0 Å². The second kappa shape index (κ2) is 12.5. The first-order valence-corrected chi connectivity index (χ1v) is 22.1. The first kappa shape index (κ1) is 35.4. The van der Waals surface area contributed by atoms with Gasteiger partial charge in [0.25, 0.3) is 6.71 Å². The predicted molar refractivity (Wildman–Crippen MR) is 265 cm³/mol. The Morgan fingerprint density at radius 2 is 1.22 bits per heavy atom. The summed E-state index contributed by atoms with van der Waals surface area (Å²) in [7, 11) is 2.18. The number of ether oxygens (including phenoxy) is 1. The van der Waals surface area contributed by atoms with Crippen LogP contribution in [0.4, 0.5) is 17.1 Å². The van der Waals surface area contributed by atoms with E-state index in [2.05, 4.69) is 190 Å². The van der Waals surface area contributed by atoms with Gasteiger partial charge < -0.3 is 23.2 Å². The van der Waals surface area contributed by atoms with Gasteiger partial charge in [-0.15, -0.1) is 0 Å². The minimum absolute atomic E-state index is 0.0161. The van der Waals surface area contributed by atoms with Crippen LogP contribution in [0.3, 0.4) is 0 Å². The second-order valence-corrected chi connectivity index (χ2v) is 19.7. The van der Waals surface area contributed by atoms with Gasteiger partial charge in [0.15, 0.2) is 0 Å². The van der Waals surface area contributed by atoms with Crippen molar-refractivity contribution in [3.05, 3.63) is 163 Å². The van der Waals surface area contributed by atoms with Crippen molar-refractivity contribution in [3.8, 4) is 17.2 Å². The fourth-order valence-electron chi connectivity index (χ4n) is 11.0. The summed E-state index contributed by atoms with van der Waals surface area (Å²) >= 11 is 0. The first-order chi connectivity index (χ1) is 30.8. The minimum Gasteiger partial charge on any atom is -0.458 e. The van der Waals surface area contributed by atoms with Gasteiger partial charge in [-0.2, -0.15) is 0 Å². The van der Waals surface area contributed by atoms with Gasteiger partial charge in [-0.25, -0.2) is 0 Å². The average Bonchev–Trinajstić information content (AvgIpc) is 3.93. The SMILES string of the molecule is [2H]c1cc2c3c(c1)N(c1ccc(C(C)(C)C)cc1)c1ccc(C(C)(C)C)cc1B3c1cc(-n3c4ccccc4c4c5c(ccc43)oc3ccccc35)c3c(c1O2)c1ccccc1n3C.